The Morgan fingerprint density at radius 1 is 1.08 bits per heavy atom. The van der Waals surface area contributed by atoms with Gasteiger partial charge in [0.25, 0.3) is 5.91 Å². The highest BCUT2D eigenvalue weighted by Crippen LogP contribution is 2.28. The summed E-state index contributed by atoms with van der Waals surface area (Å²) in [5, 5.41) is 2.66. The number of carbonyl (C=O) groups excluding carboxylic acids is 3. The van der Waals surface area contributed by atoms with E-state index in [0.717, 1.165) is 0 Å². The number of halogens is 1. The second-order valence-electron chi connectivity index (χ2n) is 5.42. The molecule has 0 spiro atoms. The van der Waals surface area contributed by atoms with Crippen LogP contribution in [0.25, 0.3) is 0 Å². The maximum atomic E-state index is 13.4. The molecule has 1 aliphatic heterocycles. The minimum absolute atomic E-state index is 0.0857. The number of benzene rings is 2. The number of carbonyl (C=O) groups is 3. The predicted molar refractivity (Wildman–Crippen MR) is 90.3 cm³/mol. The van der Waals surface area contributed by atoms with Crippen molar-refractivity contribution < 1.29 is 28.2 Å². The van der Waals surface area contributed by atoms with Crippen LogP contribution in [0.15, 0.2) is 48.5 Å². The summed E-state index contributed by atoms with van der Waals surface area (Å²) in [6.45, 7) is -1.26. The first-order valence-corrected chi connectivity index (χ1v) is 7.77. The zero-order valence-electron chi connectivity index (χ0n) is 13.6. The van der Waals surface area contributed by atoms with E-state index in [9.17, 15) is 18.8 Å². The lowest BCUT2D eigenvalue weighted by molar-refractivity contribution is -0.149. The quantitative estimate of drug-likeness (QED) is 0.823. The minimum atomic E-state index is -0.823. The van der Waals surface area contributed by atoms with Crippen molar-refractivity contribution in [2.24, 2.45) is 0 Å². The van der Waals surface area contributed by atoms with Crippen molar-refractivity contribution in [1.82, 2.24) is 0 Å². The summed E-state index contributed by atoms with van der Waals surface area (Å²) in [6.07, 6.45) is 0. The standard InChI is InChI=1S/C18H15FN2O5/c19-12-5-1-4-8-15(12)25-11-18(24)26-10-17(23)21-9-16(22)20-13-6-2-3-7-14(13)21/h1-8H,9-11H2,(H,20,22). The average molecular weight is 358 g/mol. The van der Waals surface area contributed by atoms with Gasteiger partial charge >= 0.3 is 5.97 Å². The number of hydrogen-bond acceptors (Lipinski definition) is 5. The highest BCUT2D eigenvalue weighted by molar-refractivity contribution is 6.10. The van der Waals surface area contributed by atoms with Gasteiger partial charge in [0, 0.05) is 0 Å². The van der Waals surface area contributed by atoms with E-state index in [1.54, 1.807) is 30.3 Å². The summed E-state index contributed by atoms with van der Waals surface area (Å²) in [4.78, 5) is 36.9. The SMILES string of the molecule is O=C1CN(C(=O)COC(=O)COc2ccccc2F)c2ccccc2N1. The van der Waals surface area contributed by atoms with Gasteiger partial charge in [-0.25, -0.2) is 9.18 Å². The van der Waals surface area contributed by atoms with E-state index in [-0.39, 0.29) is 18.2 Å². The van der Waals surface area contributed by atoms with Gasteiger partial charge < -0.3 is 14.8 Å². The lowest BCUT2D eigenvalue weighted by Crippen LogP contribution is -2.44. The molecule has 0 fully saturated rings. The van der Waals surface area contributed by atoms with Gasteiger partial charge in [-0.1, -0.05) is 24.3 Å². The molecule has 0 aliphatic carbocycles. The van der Waals surface area contributed by atoms with E-state index in [1.165, 1.54) is 23.1 Å². The fourth-order valence-electron chi connectivity index (χ4n) is 2.42. The molecule has 0 aromatic heterocycles. The van der Waals surface area contributed by atoms with Crippen molar-refractivity contribution in [3.63, 3.8) is 0 Å². The lowest BCUT2D eigenvalue weighted by Gasteiger charge is -2.28. The molecular weight excluding hydrogens is 343 g/mol. The maximum Gasteiger partial charge on any atom is 0.344 e. The topological polar surface area (TPSA) is 84.9 Å². The Hall–Kier alpha value is -3.42. The van der Waals surface area contributed by atoms with E-state index in [4.69, 9.17) is 9.47 Å². The van der Waals surface area contributed by atoms with Crippen LogP contribution in [0.2, 0.25) is 0 Å². The van der Waals surface area contributed by atoms with Crippen LogP contribution in [0.3, 0.4) is 0 Å². The van der Waals surface area contributed by atoms with Crippen molar-refractivity contribution in [2.75, 3.05) is 30.0 Å². The minimum Gasteiger partial charge on any atom is -0.479 e. The maximum absolute atomic E-state index is 13.4. The molecule has 7 nitrogen and oxygen atoms in total. The van der Waals surface area contributed by atoms with Crippen LogP contribution in [0.1, 0.15) is 0 Å². The monoisotopic (exact) mass is 358 g/mol. The van der Waals surface area contributed by atoms with Crippen molar-refractivity contribution in [1.29, 1.82) is 0 Å². The number of fused-ring (bicyclic) bond motifs is 1. The molecule has 0 radical (unpaired) electrons. The van der Waals surface area contributed by atoms with Gasteiger partial charge in [0.2, 0.25) is 5.91 Å². The first kappa shape index (κ1) is 17.4. The fourth-order valence-corrected chi connectivity index (χ4v) is 2.42. The Balaban J connectivity index is 1.55. The zero-order valence-corrected chi connectivity index (χ0v) is 13.6. The average Bonchev–Trinajstić information content (AvgIpc) is 2.64. The molecule has 1 N–H and O–H groups in total. The summed E-state index contributed by atoms with van der Waals surface area (Å²) < 4.78 is 23.3. The highest BCUT2D eigenvalue weighted by atomic mass is 19.1. The van der Waals surface area contributed by atoms with Gasteiger partial charge in [-0.3, -0.25) is 14.5 Å². The molecule has 0 unspecified atom stereocenters. The number of hydrogen-bond donors (Lipinski definition) is 1. The number of anilines is 2. The molecule has 2 aromatic rings. The Morgan fingerprint density at radius 3 is 2.62 bits per heavy atom. The Kier molecular flexibility index (Phi) is 5.12. The van der Waals surface area contributed by atoms with E-state index in [2.05, 4.69) is 5.32 Å². The molecule has 2 aromatic carbocycles. The first-order chi connectivity index (χ1) is 12.5. The summed E-state index contributed by atoms with van der Waals surface area (Å²) in [6, 6.07) is 12.4. The van der Waals surface area contributed by atoms with Crippen LogP contribution in [-0.2, 0) is 19.1 Å². The molecule has 8 heteroatoms. The van der Waals surface area contributed by atoms with Gasteiger partial charge in [-0.05, 0) is 24.3 Å². The molecule has 0 bridgehead atoms. The second-order valence-corrected chi connectivity index (χ2v) is 5.42. The van der Waals surface area contributed by atoms with Crippen LogP contribution in [0, 0.1) is 5.82 Å². The van der Waals surface area contributed by atoms with Gasteiger partial charge in [0.05, 0.1) is 11.4 Å². The van der Waals surface area contributed by atoms with Gasteiger partial charge in [0.15, 0.2) is 24.8 Å². The van der Waals surface area contributed by atoms with Crippen LogP contribution in [-0.4, -0.2) is 37.5 Å². The fraction of sp³-hybridized carbons (Fsp3) is 0.167. The molecular formula is C18H15FN2O5. The summed E-state index contributed by atoms with van der Waals surface area (Å²) in [5.41, 5.74) is 1.03. The molecule has 134 valence electrons. The van der Waals surface area contributed by atoms with Crippen molar-refractivity contribution in [2.45, 2.75) is 0 Å². The molecule has 1 heterocycles. The van der Waals surface area contributed by atoms with Crippen molar-refractivity contribution in [3.05, 3.63) is 54.3 Å². The third-order valence-corrected chi connectivity index (χ3v) is 3.61. The Bertz CT molecular complexity index is 855. The summed E-state index contributed by atoms with van der Waals surface area (Å²) >= 11 is 0. The van der Waals surface area contributed by atoms with Crippen molar-refractivity contribution >= 4 is 29.2 Å². The van der Waals surface area contributed by atoms with E-state index in [0.29, 0.717) is 11.4 Å². The van der Waals surface area contributed by atoms with E-state index in [1.807, 2.05) is 0 Å². The molecule has 3 rings (SSSR count). The van der Waals surface area contributed by atoms with Gasteiger partial charge in [-0.2, -0.15) is 0 Å². The zero-order chi connectivity index (χ0) is 18.5. The Labute approximate surface area is 148 Å². The smallest absolute Gasteiger partial charge is 0.344 e. The summed E-state index contributed by atoms with van der Waals surface area (Å²) in [7, 11) is 0. The molecule has 0 saturated heterocycles. The second kappa shape index (κ2) is 7.64. The third kappa shape index (κ3) is 3.97. The number of nitrogens with one attached hydrogen (secondary N) is 1. The lowest BCUT2D eigenvalue weighted by atomic mass is 10.2. The number of amides is 2. The molecule has 26 heavy (non-hydrogen) atoms. The van der Waals surface area contributed by atoms with Crippen LogP contribution in [0.5, 0.6) is 5.75 Å². The van der Waals surface area contributed by atoms with Crippen molar-refractivity contribution in [3.8, 4) is 5.75 Å². The van der Waals surface area contributed by atoms with Gasteiger partial charge in [-0.15, -0.1) is 0 Å². The predicted octanol–water partition coefficient (Wildman–Crippen LogP) is 1.73. The largest absolute Gasteiger partial charge is 0.479 e. The first-order valence-electron chi connectivity index (χ1n) is 7.77. The van der Waals surface area contributed by atoms with E-state index >= 15 is 0 Å². The van der Waals surface area contributed by atoms with Crippen LogP contribution >= 0.6 is 0 Å². The number of nitrogens with zero attached hydrogens (tertiary/aromatic N) is 1. The molecule has 0 saturated carbocycles. The number of rotatable bonds is 5. The third-order valence-electron chi connectivity index (χ3n) is 3.61. The van der Waals surface area contributed by atoms with Crippen LogP contribution in [0.4, 0.5) is 15.8 Å². The number of esters is 1. The number of para-hydroxylation sites is 3. The molecule has 0 atom stereocenters. The van der Waals surface area contributed by atoms with Crippen LogP contribution < -0.4 is 15.0 Å². The normalized spacial score (nSPS) is 12.8. The number of ether oxygens (including phenoxy) is 2. The summed E-state index contributed by atoms with van der Waals surface area (Å²) in [5.74, 6) is -2.40. The molecule has 1 aliphatic rings. The van der Waals surface area contributed by atoms with E-state index < -0.39 is 30.9 Å². The molecule has 2 amide bonds. The van der Waals surface area contributed by atoms with Gasteiger partial charge in [0.1, 0.15) is 6.54 Å². The Morgan fingerprint density at radius 2 is 1.81 bits per heavy atom. The highest BCUT2D eigenvalue weighted by Gasteiger charge is 2.27.